The first-order valence-corrected chi connectivity index (χ1v) is 12.9. The molecule has 0 unspecified atom stereocenters. The van der Waals surface area contributed by atoms with Crippen LogP contribution in [-0.2, 0) is 9.59 Å². The molecule has 40 heavy (non-hydrogen) atoms. The van der Waals surface area contributed by atoms with Crippen LogP contribution >= 0.6 is 0 Å². The molecule has 0 bridgehead atoms. The smallest absolute Gasteiger partial charge is 0.269 e. The number of nitrogens with zero attached hydrogens (tertiary/aromatic N) is 4. The Morgan fingerprint density at radius 2 is 1.70 bits per heavy atom. The predicted molar refractivity (Wildman–Crippen MR) is 148 cm³/mol. The molecular weight excluding hydrogens is 514 g/mol. The van der Waals surface area contributed by atoms with Gasteiger partial charge in [-0.1, -0.05) is 24.3 Å². The number of nitro benzene ring substituents is 1. The maximum Gasteiger partial charge on any atom is 0.269 e. The molecule has 2 fully saturated rings. The van der Waals surface area contributed by atoms with Crippen LogP contribution in [0.5, 0.6) is 5.75 Å². The van der Waals surface area contributed by atoms with Crippen molar-refractivity contribution in [2.24, 2.45) is 0 Å². The van der Waals surface area contributed by atoms with Gasteiger partial charge in [0, 0.05) is 48.2 Å². The molecule has 0 saturated carbocycles. The fourth-order valence-electron chi connectivity index (χ4n) is 5.39. The van der Waals surface area contributed by atoms with Crippen LogP contribution in [0.15, 0.2) is 78.9 Å². The highest BCUT2D eigenvalue weighted by Gasteiger charge is 2.54. The van der Waals surface area contributed by atoms with Crippen molar-refractivity contribution in [3.8, 4) is 5.75 Å². The number of carbonyl (C=O) groups is 3. The van der Waals surface area contributed by atoms with E-state index in [1.54, 1.807) is 41.2 Å². The molecule has 3 aromatic carbocycles. The first kappa shape index (κ1) is 26.7. The summed E-state index contributed by atoms with van der Waals surface area (Å²) in [7, 11) is 1.55. The van der Waals surface area contributed by atoms with Gasteiger partial charge in [0.1, 0.15) is 17.8 Å². The number of anilines is 2. The van der Waals surface area contributed by atoms with Crippen LogP contribution in [0.25, 0.3) is 0 Å². The average Bonchev–Trinajstić information content (AvgIpc) is 3.23. The number of ether oxygens (including phenoxy) is 1. The number of amides is 3. The second kappa shape index (κ2) is 11.0. The van der Waals surface area contributed by atoms with Crippen LogP contribution in [0.3, 0.4) is 0 Å². The van der Waals surface area contributed by atoms with E-state index in [0.29, 0.717) is 42.9 Å². The van der Waals surface area contributed by atoms with Crippen molar-refractivity contribution < 1.29 is 24.0 Å². The molecular formula is C29H29N5O6. The van der Waals surface area contributed by atoms with E-state index in [0.717, 1.165) is 5.69 Å². The molecule has 11 nitrogen and oxygen atoms in total. The zero-order valence-corrected chi connectivity index (χ0v) is 22.0. The second-order valence-corrected chi connectivity index (χ2v) is 9.82. The normalized spacial score (nSPS) is 16.2. The fraction of sp³-hybridized carbons (Fsp3) is 0.276. The summed E-state index contributed by atoms with van der Waals surface area (Å²) >= 11 is 0. The number of hydrogen-bond donors (Lipinski definition) is 1. The molecule has 1 N–H and O–H groups in total. The van der Waals surface area contributed by atoms with Crippen LogP contribution in [0.4, 0.5) is 17.1 Å². The van der Waals surface area contributed by atoms with Gasteiger partial charge in [-0.05, 0) is 49.2 Å². The number of para-hydroxylation sites is 1. The van der Waals surface area contributed by atoms with Crippen molar-refractivity contribution in [1.82, 2.24) is 9.80 Å². The van der Waals surface area contributed by atoms with E-state index in [1.807, 2.05) is 35.2 Å². The van der Waals surface area contributed by atoms with Gasteiger partial charge in [-0.2, -0.15) is 0 Å². The van der Waals surface area contributed by atoms with Crippen LogP contribution < -0.4 is 15.0 Å². The summed E-state index contributed by atoms with van der Waals surface area (Å²) in [6, 6.07) is 22.1. The van der Waals surface area contributed by atoms with E-state index < -0.39 is 10.5 Å². The third-order valence-electron chi connectivity index (χ3n) is 7.47. The minimum absolute atomic E-state index is 0.0836. The Hall–Kier alpha value is -4.93. The Morgan fingerprint density at radius 1 is 1.00 bits per heavy atom. The molecule has 11 heteroatoms. The summed E-state index contributed by atoms with van der Waals surface area (Å²) in [5.74, 6) is -0.104. The van der Waals surface area contributed by atoms with Gasteiger partial charge in [0.25, 0.3) is 17.5 Å². The molecule has 5 rings (SSSR count). The Morgan fingerprint density at radius 3 is 2.35 bits per heavy atom. The van der Waals surface area contributed by atoms with Crippen molar-refractivity contribution in [2.75, 3.05) is 43.6 Å². The molecule has 206 valence electrons. The number of carbonyl (C=O) groups excluding carboxylic acids is 3. The van der Waals surface area contributed by atoms with E-state index in [-0.39, 0.29) is 36.6 Å². The number of benzene rings is 3. The summed E-state index contributed by atoms with van der Waals surface area (Å²) in [5, 5.41) is 13.8. The van der Waals surface area contributed by atoms with E-state index in [1.165, 1.54) is 24.3 Å². The molecule has 0 atom stereocenters. The lowest BCUT2D eigenvalue weighted by Gasteiger charge is -2.43. The van der Waals surface area contributed by atoms with Crippen LogP contribution in [0, 0.1) is 10.1 Å². The third kappa shape index (κ3) is 5.18. The van der Waals surface area contributed by atoms with Crippen LogP contribution in [-0.4, -0.2) is 71.4 Å². The van der Waals surface area contributed by atoms with E-state index in [9.17, 15) is 24.5 Å². The summed E-state index contributed by atoms with van der Waals surface area (Å²) < 4.78 is 5.22. The fourth-order valence-corrected chi connectivity index (χ4v) is 5.39. The van der Waals surface area contributed by atoms with Crippen LogP contribution in [0.2, 0.25) is 0 Å². The van der Waals surface area contributed by atoms with Gasteiger partial charge in [-0.3, -0.25) is 24.5 Å². The van der Waals surface area contributed by atoms with Crippen molar-refractivity contribution in [3.63, 3.8) is 0 Å². The summed E-state index contributed by atoms with van der Waals surface area (Å²) in [5.41, 5.74) is 0.810. The molecule has 2 saturated heterocycles. The predicted octanol–water partition coefficient (Wildman–Crippen LogP) is 3.52. The number of non-ortho nitro benzene ring substituents is 1. The van der Waals surface area contributed by atoms with Gasteiger partial charge in [0.05, 0.1) is 18.7 Å². The van der Waals surface area contributed by atoms with E-state index >= 15 is 0 Å². The monoisotopic (exact) mass is 543 g/mol. The highest BCUT2D eigenvalue weighted by atomic mass is 16.6. The highest BCUT2D eigenvalue weighted by Crippen LogP contribution is 2.39. The van der Waals surface area contributed by atoms with Gasteiger partial charge in [-0.15, -0.1) is 0 Å². The molecule has 2 aliphatic heterocycles. The van der Waals surface area contributed by atoms with Gasteiger partial charge in [0.2, 0.25) is 5.91 Å². The standard InChI is InChI=1S/C29H29N5O6/c1-40-25-9-5-6-22(18-25)30-26(35)19-32-20-33(23-7-3-2-4-8-23)29(28(32)37)14-16-31(17-15-29)27(36)21-10-12-24(13-11-21)34(38)39/h2-13,18H,14-17,19-20H2,1H3,(H,30,35). The summed E-state index contributed by atoms with van der Waals surface area (Å²) in [4.78, 5) is 55.7. The highest BCUT2D eigenvalue weighted by molar-refractivity contribution is 6.00. The molecule has 2 heterocycles. The van der Waals surface area contributed by atoms with Crippen molar-refractivity contribution in [2.45, 2.75) is 18.4 Å². The third-order valence-corrected chi connectivity index (χ3v) is 7.47. The maximum atomic E-state index is 13.9. The Kier molecular flexibility index (Phi) is 7.37. The van der Waals surface area contributed by atoms with Gasteiger partial charge in [0.15, 0.2) is 0 Å². The number of piperidine rings is 1. The van der Waals surface area contributed by atoms with Crippen molar-refractivity contribution >= 4 is 34.8 Å². The quantitative estimate of drug-likeness (QED) is 0.357. The van der Waals surface area contributed by atoms with Gasteiger partial charge in [-0.25, -0.2) is 0 Å². The maximum absolute atomic E-state index is 13.9. The first-order chi connectivity index (χ1) is 19.3. The van der Waals surface area contributed by atoms with E-state index in [4.69, 9.17) is 4.74 Å². The number of hydrogen-bond acceptors (Lipinski definition) is 7. The van der Waals surface area contributed by atoms with Crippen molar-refractivity contribution in [3.05, 3.63) is 94.5 Å². The average molecular weight is 544 g/mol. The second-order valence-electron chi connectivity index (χ2n) is 9.82. The molecule has 1 spiro atoms. The first-order valence-electron chi connectivity index (χ1n) is 12.9. The summed E-state index contributed by atoms with van der Waals surface area (Å²) in [6.45, 7) is 0.778. The zero-order chi connectivity index (χ0) is 28.3. The molecule has 0 aliphatic carbocycles. The number of nitro groups is 1. The zero-order valence-electron chi connectivity index (χ0n) is 22.0. The Labute approximate surface area is 231 Å². The molecule has 3 aromatic rings. The number of likely N-dealkylation sites (tertiary alicyclic amines) is 1. The Balaban J connectivity index is 1.32. The van der Waals surface area contributed by atoms with Crippen LogP contribution in [0.1, 0.15) is 23.2 Å². The number of methoxy groups -OCH3 is 1. The molecule has 3 amide bonds. The minimum Gasteiger partial charge on any atom is -0.497 e. The van der Waals surface area contributed by atoms with Crippen molar-refractivity contribution in [1.29, 1.82) is 0 Å². The largest absolute Gasteiger partial charge is 0.497 e. The molecule has 0 radical (unpaired) electrons. The number of rotatable bonds is 7. The Bertz CT molecular complexity index is 1420. The lowest BCUT2D eigenvalue weighted by Crippen LogP contribution is -2.57. The SMILES string of the molecule is COc1cccc(NC(=O)CN2CN(c3ccccc3)C3(CCN(C(=O)c4ccc([N+](=O)[O-])cc4)CC3)C2=O)c1. The summed E-state index contributed by atoms with van der Waals surface area (Å²) in [6.07, 6.45) is 0.765. The lowest BCUT2D eigenvalue weighted by molar-refractivity contribution is -0.384. The lowest BCUT2D eigenvalue weighted by atomic mass is 9.85. The van der Waals surface area contributed by atoms with Gasteiger partial charge < -0.3 is 24.8 Å². The topological polar surface area (TPSA) is 125 Å². The van der Waals surface area contributed by atoms with Gasteiger partial charge >= 0.3 is 0 Å². The minimum atomic E-state index is -0.899. The number of nitrogens with one attached hydrogen (secondary N) is 1. The molecule has 0 aromatic heterocycles. The van der Waals surface area contributed by atoms with E-state index in [2.05, 4.69) is 5.32 Å². The molecule has 2 aliphatic rings.